The summed E-state index contributed by atoms with van der Waals surface area (Å²) >= 11 is 3.61. The molecule has 1 aliphatic heterocycles. The van der Waals surface area contributed by atoms with Crippen LogP contribution in [-0.2, 0) is 6.54 Å². The van der Waals surface area contributed by atoms with E-state index in [-0.39, 0.29) is 6.10 Å². The van der Waals surface area contributed by atoms with Crippen molar-refractivity contribution < 1.29 is 9.84 Å². The molecule has 2 unspecified atom stereocenters. The van der Waals surface area contributed by atoms with Gasteiger partial charge in [0.1, 0.15) is 5.75 Å². The van der Waals surface area contributed by atoms with Crippen molar-refractivity contribution in [3.63, 3.8) is 0 Å². The first-order valence-electron chi connectivity index (χ1n) is 6.84. The molecule has 0 aromatic heterocycles. The molecule has 3 nitrogen and oxygen atoms in total. The number of ether oxygens (including phenoxy) is 1. The number of benzene rings is 1. The number of rotatable bonds is 5. The Hall–Kier alpha value is -0.580. The van der Waals surface area contributed by atoms with Crippen LogP contribution < -0.4 is 4.74 Å². The maximum atomic E-state index is 9.58. The summed E-state index contributed by atoms with van der Waals surface area (Å²) < 4.78 is 6.41. The van der Waals surface area contributed by atoms with Crippen molar-refractivity contribution >= 4 is 15.9 Å². The first-order chi connectivity index (χ1) is 9.10. The number of likely N-dealkylation sites (tertiary alicyclic amines) is 1. The number of methoxy groups -OCH3 is 1. The number of nitrogens with zero attached hydrogens (tertiary/aromatic N) is 1. The first kappa shape index (κ1) is 14.8. The quantitative estimate of drug-likeness (QED) is 0.901. The van der Waals surface area contributed by atoms with Crippen LogP contribution in [0.15, 0.2) is 22.7 Å². The van der Waals surface area contributed by atoms with Crippen molar-refractivity contribution in [2.75, 3.05) is 13.7 Å². The SMILES string of the molecule is COc1ccc(Br)c(CN2CCCC2CC(C)O)c1. The van der Waals surface area contributed by atoms with Gasteiger partial charge in [-0.05, 0) is 56.5 Å². The van der Waals surface area contributed by atoms with Crippen LogP contribution in [0, 0.1) is 0 Å². The second-order valence-electron chi connectivity index (χ2n) is 5.31. The highest BCUT2D eigenvalue weighted by molar-refractivity contribution is 9.10. The van der Waals surface area contributed by atoms with Gasteiger partial charge in [-0.3, -0.25) is 4.90 Å². The van der Waals surface area contributed by atoms with E-state index in [0.29, 0.717) is 6.04 Å². The summed E-state index contributed by atoms with van der Waals surface area (Å²) in [5.74, 6) is 0.893. The van der Waals surface area contributed by atoms with Gasteiger partial charge in [0.25, 0.3) is 0 Å². The molecule has 2 rings (SSSR count). The number of hydrogen-bond acceptors (Lipinski definition) is 3. The van der Waals surface area contributed by atoms with E-state index in [4.69, 9.17) is 4.74 Å². The van der Waals surface area contributed by atoms with Crippen LogP contribution in [0.1, 0.15) is 31.7 Å². The molecule has 1 heterocycles. The second-order valence-corrected chi connectivity index (χ2v) is 6.16. The number of halogens is 1. The van der Waals surface area contributed by atoms with Crippen LogP contribution >= 0.6 is 15.9 Å². The summed E-state index contributed by atoms with van der Waals surface area (Å²) in [5.41, 5.74) is 1.25. The molecule has 0 radical (unpaired) electrons. The Bertz CT molecular complexity index is 423. The maximum absolute atomic E-state index is 9.58. The predicted octanol–water partition coefficient (Wildman–Crippen LogP) is 3.19. The van der Waals surface area contributed by atoms with Crippen LogP contribution in [0.25, 0.3) is 0 Å². The summed E-state index contributed by atoms with van der Waals surface area (Å²) in [6.45, 7) is 3.90. The van der Waals surface area contributed by atoms with Gasteiger partial charge in [0.15, 0.2) is 0 Å². The molecule has 106 valence electrons. The van der Waals surface area contributed by atoms with Crippen molar-refractivity contribution in [2.24, 2.45) is 0 Å². The Kier molecular flexibility index (Phi) is 5.25. The van der Waals surface area contributed by atoms with Crippen molar-refractivity contribution in [3.8, 4) is 5.75 Å². The highest BCUT2D eigenvalue weighted by Gasteiger charge is 2.26. The van der Waals surface area contributed by atoms with Gasteiger partial charge in [-0.1, -0.05) is 15.9 Å². The number of aliphatic hydroxyl groups excluding tert-OH is 1. The molecule has 0 amide bonds. The van der Waals surface area contributed by atoms with Crippen molar-refractivity contribution in [2.45, 2.75) is 44.9 Å². The van der Waals surface area contributed by atoms with Crippen molar-refractivity contribution in [3.05, 3.63) is 28.2 Å². The lowest BCUT2D eigenvalue weighted by molar-refractivity contribution is 0.130. The van der Waals surface area contributed by atoms with Crippen LogP contribution in [0.4, 0.5) is 0 Å². The molecule has 0 bridgehead atoms. The normalized spacial score (nSPS) is 21.6. The molecule has 2 atom stereocenters. The molecule has 0 saturated carbocycles. The van der Waals surface area contributed by atoms with E-state index < -0.39 is 0 Å². The zero-order valence-electron chi connectivity index (χ0n) is 11.6. The summed E-state index contributed by atoms with van der Waals surface area (Å²) in [4.78, 5) is 2.46. The van der Waals surface area contributed by atoms with Gasteiger partial charge < -0.3 is 9.84 Å². The molecule has 1 saturated heterocycles. The van der Waals surface area contributed by atoms with E-state index in [1.165, 1.54) is 18.4 Å². The fourth-order valence-electron chi connectivity index (χ4n) is 2.78. The van der Waals surface area contributed by atoms with Gasteiger partial charge in [0, 0.05) is 17.1 Å². The summed E-state index contributed by atoms with van der Waals surface area (Å²) in [7, 11) is 1.69. The van der Waals surface area contributed by atoms with Gasteiger partial charge in [-0.25, -0.2) is 0 Å². The Balaban J connectivity index is 2.07. The first-order valence-corrected chi connectivity index (χ1v) is 7.64. The Morgan fingerprint density at radius 3 is 3.00 bits per heavy atom. The predicted molar refractivity (Wildman–Crippen MR) is 80.4 cm³/mol. The van der Waals surface area contributed by atoms with E-state index in [1.807, 2.05) is 19.1 Å². The van der Waals surface area contributed by atoms with E-state index in [9.17, 15) is 5.11 Å². The van der Waals surface area contributed by atoms with Gasteiger partial charge in [0.05, 0.1) is 13.2 Å². The van der Waals surface area contributed by atoms with E-state index in [1.54, 1.807) is 7.11 Å². The summed E-state index contributed by atoms with van der Waals surface area (Å²) in [6, 6.07) is 6.58. The largest absolute Gasteiger partial charge is 0.497 e. The minimum Gasteiger partial charge on any atom is -0.497 e. The lowest BCUT2D eigenvalue weighted by Gasteiger charge is -2.26. The average Bonchev–Trinajstić information content (AvgIpc) is 2.78. The van der Waals surface area contributed by atoms with Gasteiger partial charge >= 0.3 is 0 Å². The monoisotopic (exact) mass is 327 g/mol. The molecule has 1 aliphatic rings. The van der Waals surface area contributed by atoms with Crippen LogP contribution in [-0.4, -0.2) is 35.8 Å². The van der Waals surface area contributed by atoms with Gasteiger partial charge in [-0.2, -0.15) is 0 Å². The van der Waals surface area contributed by atoms with E-state index in [0.717, 1.165) is 29.7 Å². The topological polar surface area (TPSA) is 32.7 Å². The average molecular weight is 328 g/mol. The third-order valence-electron chi connectivity index (χ3n) is 3.74. The molecule has 1 N–H and O–H groups in total. The smallest absolute Gasteiger partial charge is 0.119 e. The third kappa shape index (κ3) is 3.94. The van der Waals surface area contributed by atoms with Crippen LogP contribution in [0.5, 0.6) is 5.75 Å². The third-order valence-corrected chi connectivity index (χ3v) is 4.51. The number of aliphatic hydroxyl groups is 1. The van der Waals surface area contributed by atoms with Crippen molar-refractivity contribution in [1.29, 1.82) is 0 Å². The molecule has 1 aromatic carbocycles. The molecule has 0 aliphatic carbocycles. The lowest BCUT2D eigenvalue weighted by atomic mass is 10.1. The standard InChI is InChI=1S/C15H22BrNO2/c1-11(18)8-13-4-3-7-17(13)10-12-9-14(19-2)5-6-15(12)16/h5-6,9,11,13,18H,3-4,7-8,10H2,1-2H3. The molecule has 1 fully saturated rings. The Labute approximate surface area is 123 Å². The molecule has 1 aromatic rings. The fraction of sp³-hybridized carbons (Fsp3) is 0.600. The summed E-state index contributed by atoms with van der Waals surface area (Å²) in [6.07, 6.45) is 3.05. The minimum absolute atomic E-state index is 0.223. The maximum Gasteiger partial charge on any atom is 0.119 e. The molecule has 4 heteroatoms. The molecule has 0 spiro atoms. The Morgan fingerprint density at radius 1 is 1.53 bits per heavy atom. The van der Waals surface area contributed by atoms with Crippen LogP contribution in [0.3, 0.4) is 0 Å². The van der Waals surface area contributed by atoms with E-state index in [2.05, 4.69) is 26.9 Å². The highest BCUT2D eigenvalue weighted by Crippen LogP contribution is 2.28. The second kappa shape index (κ2) is 6.73. The zero-order chi connectivity index (χ0) is 13.8. The fourth-order valence-corrected chi connectivity index (χ4v) is 3.15. The molecule has 19 heavy (non-hydrogen) atoms. The van der Waals surface area contributed by atoms with Crippen LogP contribution in [0.2, 0.25) is 0 Å². The minimum atomic E-state index is -0.223. The number of hydrogen-bond donors (Lipinski definition) is 1. The Morgan fingerprint density at radius 2 is 2.32 bits per heavy atom. The molecular formula is C15H22BrNO2. The van der Waals surface area contributed by atoms with Gasteiger partial charge in [-0.15, -0.1) is 0 Å². The highest BCUT2D eigenvalue weighted by atomic mass is 79.9. The molecular weight excluding hydrogens is 306 g/mol. The van der Waals surface area contributed by atoms with E-state index >= 15 is 0 Å². The summed E-state index contributed by atoms with van der Waals surface area (Å²) in [5, 5.41) is 9.58. The zero-order valence-corrected chi connectivity index (χ0v) is 13.2. The van der Waals surface area contributed by atoms with Gasteiger partial charge in [0.2, 0.25) is 0 Å². The van der Waals surface area contributed by atoms with Crippen molar-refractivity contribution in [1.82, 2.24) is 4.90 Å². The lowest BCUT2D eigenvalue weighted by Crippen LogP contribution is -2.31.